The number of anilines is 1. The van der Waals surface area contributed by atoms with Gasteiger partial charge in [0.1, 0.15) is 0 Å². The third kappa shape index (κ3) is 2.29. The minimum absolute atomic E-state index is 0.0706. The molecule has 4 nitrogen and oxygen atoms in total. The number of carbonyl (C=O) groups is 1. The Labute approximate surface area is 83.7 Å². The fraction of sp³-hybridized carbons (Fsp3) is 0.400. The molecule has 1 amide bonds. The third-order valence-corrected chi connectivity index (χ3v) is 2.14. The van der Waals surface area contributed by atoms with E-state index in [-0.39, 0.29) is 5.91 Å². The van der Waals surface area contributed by atoms with E-state index in [1.807, 2.05) is 6.92 Å². The molecular formula is C10H15N3O. The van der Waals surface area contributed by atoms with Crippen molar-refractivity contribution in [3.8, 4) is 0 Å². The molecule has 0 saturated carbocycles. The number of likely N-dealkylation sites (N-methyl/N-ethyl adjacent to an activating group) is 1. The molecule has 2 N–H and O–H groups in total. The number of aromatic nitrogens is 1. The summed E-state index contributed by atoms with van der Waals surface area (Å²) >= 11 is 0. The average molecular weight is 193 g/mol. The van der Waals surface area contributed by atoms with Crippen LogP contribution in [0.5, 0.6) is 0 Å². The first-order valence-electron chi connectivity index (χ1n) is 4.60. The summed E-state index contributed by atoms with van der Waals surface area (Å²) in [5, 5.41) is 0. The van der Waals surface area contributed by atoms with Crippen LogP contribution in [0, 0.1) is 0 Å². The highest BCUT2D eigenvalue weighted by molar-refractivity contribution is 5.96. The van der Waals surface area contributed by atoms with Crippen LogP contribution >= 0.6 is 0 Å². The van der Waals surface area contributed by atoms with Crippen molar-refractivity contribution in [1.29, 1.82) is 0 Å². The monoisotopic (exact) mass is 193 g/mol. The van der Waals surface area contributed by atoms with Gasteiger partial charge in [-0.2, -0.15) is 0 Å². The van der Waals surface area contributed by atoms with Crippen molar-refractivity contribution in [2.24, 2.45) is 5.73 Å². The lowest BCUT2D eigenvalue weighted by molar-refractivity contribution is -0.119. The van der Waals surface area contributed by atoms with Gasteiger partial charge in [0, 0.05) is 25.1 Å². The van der Waals surface area contributed by atoms with Crippen LogP contribution in [-0.4, -0.2) is 24.0 Å². The highest BCUT2D eigenvalue weighted by Gasteiger charge is 2.16. The molecule has 0 bridgehead atoms. The first kappa shape index (κ1) is 10.7. The molecule has 0 radical (unpaired) electrons. The van der Waals surface area contributed by atoms with Gasteiger partial charge in [-0.25, -0.2) is 0 Å². The molecule has 0 unspecified atom stereocenters. The Morgan fingerprint density at radius 3 is 2.64 bits per heavy atom. The number of rotatable bonds is 3. The van der Waals surface area contributed by atoms with Crippen LogP contribution in [0.3, 0.4) is 0 Å². The van der Waals surface area contributed by atoms with E-state index in [9.17, 15) is 4.79 Å². The van der Waals surface area contributed by atoms with Gasteiger partial charge in [0.05, 0.1) is 6.04 Å². The smallest absolute Gasteiger partial charge is 0.243 e. The molecule has 1 heterocycles. The molecule has 0 aliphatic carbocycles. The maximum absolute atomic E-state index is 11.7. The van der Waals surface area contributed by atoms with Crippen molar-refractivity contribution in [3.05, 3.63) is 24.5 Å². The van der Waals surface area contributed by atoms with Crippen LogP contribution in [0.1, 0.15) is 13.3 Å². The van der Waals surface area contributed by atoms with E-state index in [1.54, 1.807) is 36.5 Å². The van der Waals surface area contributed by atoms with Gasteiger partial charge in [-0.1, -0.05) is 6.92 Å². The molecule has 76 valence electrons. The van der Waals surface area contributed by atoms with E-state index >= 15 is 0 Å². The minimum atomic E-state index is -0.423. The van der Waals surface area contributed by atoms with Crippen molar-refractivity contribution < 1.29 is 4.79 Å². The standard InChI is InChI=1S/C10H15N3O/c1-3-9(11)10(14)13(2)8-4-6-12-7-5-8/h4-7,9H,3,11H2,1-2H3/t9-/m1/s1. The molecule has 0 aromatic carbocycles. The summed E-state index contributed by atoms with van der Waals surface area (Å²) < 4.78 is 0. The Bertz CT molecular complexity index is 299. The van der Waals surface area contributed by atoms with E-state index < -0.39 is 6.04 Å². The predicted molar refractivity (Wildman–Crippen MR) is 55.9 cm³/mol. The molecule has 1 atom stereocenters. The van der Waals surface area contributed by atoms with Crippen LogP contribution in [0.25, 0.3) is 0 Å². The van der Waals surface area contributed by atoms with Crippen LogP contribution in [0.2, 0.25) is 0 Å². The quantitative estimate of drug-likeness (QED) is 0.771. The second kappa shape index (κ2) is 4.72. The normalized spacial score (nSPS) is 12.2. The molecule has 14 heavy (non-hydrogen) atoms. The second-order valence-corrected chi connectivity index (χ2v) is 3.12. The van der Waals surface area contributed by atoms with Crippen molar-refractivity contribution in [3.63, 3.8) is 0 Å². The van der Waals surface area contributed by atoms with Crippen molar-refractivity contribution in [2.45, 2.75) is 19.4 Å². The number of hydrogen-bond acceptors (Lipinski definition) is 3. The van der Waals surface area contributed by atoms with Crippen LogP contribution < -0.4 is 10.6 Å². The largest absolute Gasteiger partial charge is 0.320 e. The second-order valence-electron chi connectivity index (χ2n) is 3.12. The van der Waals surface area contributed by atoms with E-state index in [2.05, 4.69) is 4.98 Å². The molecule has 1 rings (SSSR count). The molecule has 0 aliphatic heterocycles. The number of carbonyl (C=O) groups excluding carboxylic acids is 1. The van der Waals surface area contributed by atoms with E-state index in [1.165, 1.54) is 0 Å². The number of nitrogens with zero attached hydrogens (tertiary/aromatic N) is 2. The lowest BCUT2D eigenvalue weighted by atomic mass is 10.2. The Morgan fingerprint density at radius 1 is 1.57 bits per heavy atom. The maximum atomic E-state index is 11.7. The van der Waals surface area contributed by atoms with E-state index in [0.717, 1.165) is 5.69 Å². The fourth-order valence-corrected chi connectivity index (χ4v) is 1.12. The summed E-state index contributed by atoms with van der Waals surface area (Å²) in [6.45, 7) is 1.89. The number of amides is 1. The topological polar surface area (TPSA) is 59.2 Å². The molecule has 0 saturated heterocycles. The summed E-state index contributed by atoms with van der Waals surface area (Å²) in [6.07, 6.45) is 3.95. The Balaban J connectivity index is 2.76. The lowest BCUT2D eigenvalue weighted by Gasteiger charge is -2.20. The highest BCUT2D eigenvalue weighted by Crippen LogP contribution is 2.11. The molecule has 0 fully saturated rings. The van der Waals surface area contributed by atoms with Crippen molar-refractivity contribution >= 4 is 11.6 Å². The van der Waals surface area contributed by atoms with E-state index in [4.69, 9.17) is 5.73 Å². The minimum Gasteiger partial charge on any atom is -0.320 e. The molecule has 1 aromatic rings. The van der Waals surface area contributed by atoms with Gasteiger partial charge in [0.2, 0.25) is 5.91 Å². The van der Waals surface area contributed by atoms with Gasteiger partial charge in [0.25, 0.3) is 0 Å². The zero-order valence-corrected chi connectivity index (χ0v) is 8.47. The van der Waals surface area contributed by atoms with Gasteiger partial charge in [-0.3, -0.25) is 9.78 Å². The maximum Gasteiger partial charge on any atom is 0.243 e. The van der Waals surface area contributed by atoms with Crippen molar-refractivity contribution in [1.82, 2.24) is 4.98 Å². The molecule has 0 spiro atoms. The zero-order chi connectivity index (χ0) is 10.6. The van der Waals surface area contributed by atoms with Gasteiger partial charge in [-0.15, -0.1) is 0 Å². The summed E-state index contributed by atoms with van der Waals surface area (Å²) in [7, 11) is 1.72. The zero-order valence-electron chi connectivity index (χ0n) is 8.47. The SMILES string of the molecule is CC[C@@H](N)C(=O)N(C)c1ccncc1. The Morgan fingerprint density at radius 2 is 2.14 bits per heavy atom. The summed E-state index contributed by atoms with van der Waals surface area (Å²) in [4.78, 5) is 17.1. The predicted octanol–water partition coefficient (Wildman–Crippen LogP) is 0.782. The number of hydrogen-bond donors (Lipinski definition) is 1. The third-order valence-electron chi connectivity index (χ3n) is 2.14. The molecular weight excluding hydrogens is 178 g/mol. The van der Waals surface area contributed by atoms with Crippen LogP contribution in [0.4, 0.5) is 5.69 Å². The summed E-state index contributed by atoms with van der Waals surface area (Å²) in [5.74, 6) is -0.0706. The first-order chi connectivity index (χ1) is 6.66. The first-order valence-corrected chi connectivity index (χ1v) is 4.60. The van der Waals surface area contributed by atoms with Gasteiger partial charge in [-0.05, 0) is 18.6 Å². The van der Waals surface area contributed by atoms with Crippen LogP contribution in [-0.2, 0) is 4.79 Å². The highest BCUT2D eigenvalue weighted by atomic mass is 16.2. The number of nitrogens with two attached hydrogens (primary N) is 1. The van der Waals surface area contributed by atoms with E-state index in [0.29, 0.717) is 6.42 Å². The molecule has 4 heteroatoms. The summed E-state index contributed by atoms with van der Waals surface area (Å²) in [5.41, 5.74) is 6.46. The van der Waals surface area contributed by atoms with Gasteiger partial charge in [0.15, 0.2) is 0 Å². The summed E-state index contributed by atoms with van der Waals surface area (Å²) in [6, 6.07) is 3.13. The Kier molecular flexibility index (Phi) is 3.59. The van der Waals surface area contributed by atoms with Gasteiger partial charge >= 0.3 is 0 Å². The van der Waals surface area contributed by atoms with Crippen LogP contribution in [0.15, 0.2) is 24.5 Å². The van der Waals surface area contributed by atoms with Gasteiger partial charge < -0.3 is 10.6 Å². The lowest BCUT2D eigenvalue weighted by Crippen LogP contribution is -2.41. The van der Waals surface area contributed by atoms with Crippen molar-refractivity contribution in [2.75, 3.05) is 11.9 Å². The number of pyridine rings is 1. The average Bonchev–Trinajstić information content (AvgIpc) is 2.27. The fourth-order valence-electron chi connectivity index (χ4n) is 1.12. The Hall–Kier alpha value is -1.42. The molecule has 1 aromatic heterocycles. The molecule has 0 aliphatic rings.